The molecule has 1 fully saturated rings. The molecular formula is C22H26FNO7. The lowest BCUT2D eigenvalue weighted by molar-refractivity contribution is 0.0482. The number of hydrogen-bond donors (Lipinski definition) is 0. The molecule has 8 nitrogen and oxygen atoms in total. The lowest BCUT2D eigenvalue weighted by Gasteiger charge is -2.30. The third-order valence-corrected chi connectivity index (χ3v) is 4.23. The summed E-state index contributed by atoms with van der Waals surface area (Å²) in [5.41, 5.74) is 1.94. The van der Waals surface area contributed by atoms with Crippen LogP contribution in [-0.4, -0.2) is 66.7 Å². The monoisotopic (exact) mass is 435 g/mol. The Morgan fingerprint density at radius 3 is 2.03 bits per heavy atom. The highest BCUT2D eigenvalue weighted by Crippen LogP contribution is 2.30. The van der Waals surface area contributed by atoms with E-state index < -0.39 is 5.82 Å². The Hall–Kier alpha value is -3.01. The van der Waals surface area contributed by atoms with E-state index in [0.717, 1.165) is 25.1 Å². The minimum atomic E-state index is -0.511. The minimum Gasteiger partial charge on any atom is -0.465 e. The van der Waals surface area contributed by atoms with Crippen molar-refractivity contribution in [1.82, 2.24) is 0 Å². The fraction of sp³-hybridized carbons (Fsp3) is 0.364. The highest BCUT2D eigenvalue weighted by molar-refractivity contribution is 5.78. The Balaban J connectivity index is 0.000000233. The van der Waals surface area contributed by atoms with Crippen LogP contribution in [0, 0.1) is 5.82 Å². The van der Waals surface area contributed by atoms with Crippen LogP contribution in [0.2, 0.25) is 0 Å². The van der Waals surface area contributed by atoms with Crippen LogP contribution in [0.5, 0.6) is 11.5 Å². The Morgan fingerprint density at radius 1 is 0.903 bits per heavy atom. The van der Waals surface area contributed by atoms with Crippen molar-refractivity contribution in [2.24, 2.45) is 0 Å². The van der Waals surface area contributed by atoms with E-state index >= 15 is 0 Å². The van der Waals surface area contributed by atoms with Crippen LogP contribution in [0.4, 0.5) is 10.1 Å². The van der Waals surface area contributed by atoms with E-state index in [4.69, 9.17) is 18.9 Å². The zero-order chi connectivity index (χ0) is 22.5. The summed E-state index contributed by atoms with van der Waals surface area (Å²) in [5, 5.41) is 0. The predicted molar refractivity (Wildman–Crippen MR) is 112 cm³/mol. The van der Waals surface area contributed by atoms with E-state index in [-0.39, 0.29) is 19.3 Å². The molecule has 1 aliphatic rings. The van der Waals surface area contributed by atoms with E-state index in [0.29, 0.717) is 36.4 Å². The number of aldehydes is 2. The fourth-order valence-corrected chi connectivity index (χ4v) is 2.73. The molecule has 2 aromatic carbocycles. The lowest BCUT2D eigenvalue weighted by Crippen LogP contribution is -2.36. The molecule has 0 aromatic heterocycles. The zero-order valence-corrected chi connectivity index (χ0v) is 17.5. The van der Waals surface area contributed by atoms with Gasteiger partial charge in [0.25, 0.3) is 0 Å². The highest BCUT2D eigenvalue weighted by Gasteiger charge is 2.16. The maximum absolute atomic E-state index is 12.9. The van der Waals surface area contributed by atoms with Crippen molar-refractivity contribution in [2.75, 3.05) is 59.0 Å². The van der Waals surface area contributed by atoms with Crippen molar-refractivity contribution >= 4 is 18.3 Å². The molecule has 0 radical (unpaired) electrons. The van der Waals surface area contributed by atoms with Crippen molar-refractivity contribution < 1.29 is 37.7 Å². The van der Waals surface area contributed by atoms with Crippen LogP contribution in [0.25, 0.3) is 0 Å². The van der Waals surface area contributed by atoms with Gasteiger partial charge in [-0.05, 0) is 36.4 Å². The van der Waals surface area contributed by atoms with Crippen molar-refractivity contribution in [2.45, 2.75) is 0 Å². The number of halogens is 1. The van der Waals surface area contributed by atoms with E-state index in [1.54, 1.807) is 19.2 Å². The molecule has 0 N–H and O–H groups in total. The van der Waals surface area contributed by atoms with Gasteiger partial charge in [-0.15, -0.1) is 0 Å². The topological polar surface area (TPSA) is 83.5 Å². The molecule has 0 amide bonds. The van der Waals surface area contributed by atoms with Gasteiger partial charge in [-0.2, -0.15) is 0 Å². The fourth-order valence-electron chi connectivity index (χ4n) is 2.73. The number of nitrogens with zero attached hydrogens (tertiary/aromatic N) is 1. The summed E-state index contributed by atoms with van der Waals surface area (Å²) >= 11 is 0. The van der Waals surface area contributed by atoms with Gasteiger partial charge < -0.3 is 28.6 Å². The molecule has 2 aromatic rings. The maximum Gasteiger partial charge on any atom is 0.188 e. The Morgan fingerprint density at radius 2 is 1.45 bits per heavy atom. The van der Waals surface area contributed by atoms with Crippen LogP contribution in [0.3, 0.4) is 0 Å². The van der Waals surface area contributed by atoms with Crippen LogP contribution in [0.15, 0.2) is 36.4 Å². The number of morpholine rings is 1. The lowest BCUT2D eigenvalue weighted by atomic mass is 10.2. The van der Waals surface area contributed by atoms with Crippen LogP contribution < -0.4 is 14.4 Å². The van der Waals surface area contributed by atoms with Crippen LogP contribution in [0.1, 0.15) is 20.7 Å². The predicted octanol–water partition coefficient (Wildman–Crippen LogP) is 2.94. The summed E-state index contributed by atoms with van der Waals surface area (Å²) in [6.07, 6.45) is 1.43. The third-order valence-electron chi connectivity index (χ3n) is 4.23. The van der Waals surface area contributed by atoms with Gasteiger partial charge in [0.2, 0.25) is 0 Å². The molecule has 0 spiro atoms. The number of anilines is 1. The first-order valence-electron chi connectivity index (χ1n) is 9.53. The van der Waals surface area contributed by atoms with Gasteiger partial charge in [0.1, 0.15) is 18.3 Å². The number of rotatable bonds is 9. The Bertz CT molecular complexity index is 841. The number of benzene rings is 2. The summed E-state index contributed by atoms with van der Waals surface area (Å²) in [5.74, 6) is 0.178. The average molecular weight is 435 g/mol. The van der Waals surface area contributed by atoms with Gasteiger partial charge in [0.05, 0.1) is 18.9 Å². The smallest absolute Gasteiger partial charge is 0.188 e. The molecule has 1 aliphatic heterocycles. The van der Waals surface area contributed by atoms with Crippen molar-refractivity contribution in [3.63, 3.8) is 0 Å². The molecule has 0 atom stereocenters. The molecule has 3 rings (SSSR count). The number of hydrogen-bond acceptors (Lipinski definition) is 8. The molecule has 31 heavy (non-hydrogen) atoms. The molecule has 9 heteroatoms. The van der Waals surface area contributed by atoms with E-state index in [2.05, 4.69) is 9.64 Å². The van der Waals surface area contributed by atoms with E-state index in [1.165, 1.54) is 25.3 Å². The molecule has 0 unspecified atom stereocenters. The molecule has 0 aliphatic carbocycles. The minimum absolute atomic E-state index is 0.0199. The van der Waals surface area contributed by atoms with Gasteiger partial charge in [-0.1, -0.05) is 0 Å². The normalized spacial score (nSPS) is 13.1. The van der Waals surface area contributed by atoms with Crippen molar-refractivity contribution in [1.29, 1.82) is 0 Å². The number of carbonyl (C=O) groups excluding carboxylic acids is 2. The Kier molecular flexibility index (Phi) is 10.4. The second-order valence-corrected chi connectivity index (χ2v) is 6.35. The summed E-state index contributed by atoms with van der Waals surface area (Å²) in [4.78, 5) is 23.3. The quantitative estimate of drug-likeness (QED) is 0.439. The second kappa shape index (κ2) is 13.3. The van der Waals surface area contributed by atoms with Gasteiger partial charge in [0.15, 0.2) is 25.2 Å². The van der Waals surface area contributed by atoms with E-state index in [9.17, 15) is 14.0 Å². The van der Waals surface area contributed by atoms with E-state index in [1.807, 2.05) is 6.07 Å². The van der Waals surface area contributed by atoms with Gasteiger partial charge >= 0.3 is 0 Å². The first kappa shape index (κ1) is 24.3. The standard InChI is InChI=1S/C13H17NO4.C9H9FO3/c1-16-10-18-13-8-11(9-15)2-3-12(13)14-4-6-17-7-5-14;1-12-6-13-9-4-7(5-11)2-3-8(9)10/h2-3,8-9H,4-7,10H2,1H3;2-5H,6H2,1H3. The number of carbonyl (C=O) groups is 2. The molecular weight excluding hydrogens is 409 g/mol. The first-order chi connectivity index (χ1) is 15.1. The number of methoxy groups -OCH3 is 2. The van der Waals surface area contributed by atoms with Crippen LogP contribution >= 0.6 is 0 Å². The maximum atomic E-state index is 12.9. The molecule has 1 saturated heterocycles. The third kappa shape index (κ3) is 7.63. The van der Waals surface area contributed by atoms with Gasteiger partial charge in [0, 0.05) is 38.4 Å². The number of ether oxygens (including phenoxy) is 5. The molecule has 0 saturated carbocycles. The SMILES string of the molecule is COCOc1cc(C=O)ccc1F.COCOc1cc(C=O)ccc1N1CCOCC1. The Labute approximate surface area is 180 Å². The van der Waals surface area contributed by atoms with Crippen LogP contribution in [-0.2, 0) is 14.2 Å². The van der Waals surface area contributed by atoms with Gasteiger partial charge in [-0.3, -0.25) is 9.59 Å². The summed E-state index contributed by atoms with van der Waals surface area (Å²) in [6.45, 7) is 3.19. The first-order valence-corrected chi connectivity index (χ1v) is 9.53. The largest absolute Gasteiger partial charge is 0.465 e. The highest BCUT2D eigenvalue weighted by atomic mass is 19.1. The summed E-state index contributed by atoms with van der Waals surface area (Å²) in [7, 11) is 3.00. The zero-order valence-electron chi connectivity index (χ0n) is 17.5. The molecule has 0 bridgehead atoms. The second-order valence-electron chi connectivity index (χ2n) is 6.35. The van der Waals surface area contributed by atoms with Crippen molar-refractivity contribution in [3.05, 3.63) is 53.3 Å². The van der Waals surface area contributed by atoms with Crippen molar-refractivity contribution in [3.8, 4) is 11.5 Å². The summed E-state index contributed by atoms with van der Waals surface area (Å²) < 4.78 is 38.2. The molecule has 168 valence electrons. The molecule has 1 heterocycles. The van der Waals surface area contributed by atoms with Gasteiger partial charge in [-0.25, -0.2) is 4.39 Å². The average Bonchev–Trinajstić information content (AvgIpc) is 2.83. The summed E-state index contributed by atoms with van der Waals surface area (Å²) in [6, 6.07) is 9.30.